The Morgan fingerprint density at radius 1 is 1.22 bits per heavy atom. The molecule has 3 fully saturated rings. The molecular formula is C17H27N5O. The summed E-state index contributed by atoms with van der Waals surface area (Å²) in [5, 5.41) is 14.7. The van der Waals surface area contributed by atoms with Gasteiger partial charge >= 0.3 is 0 Å². The van der Waals surface area contributed by atoms with Crippen LogP contribution in [0, 0.1) is 16.7 Å². The number of aromatic amines is 1. The van der Waals surface area contributed by atoms with Crippen molar-refractivity contribution >= 4 is 5.91 Å². The van der Waals surface area contributed by atoms with Crippen molar-refractivity contribution in [1.29, 1.82) is 0 Å². The highest BCUT2D eigenvalue weighted by Gasteiger charge is 2.49. The second kappa shape index (κ2) is 5.28. The van der Waals surface area contributed by atoms with Crippen molar-refractivity contribution < 1.29 is 4.79 Å². The van der Waals surface area contributed by atoms with Crippen LogP contribution in [0.15, 0.2) is 0 Å². The van der Waals surface area contributed by atoms with Crippen molar-refractivity contribution in [2.24, 2.45) is 16.7 Å². The predicted octanol–water partition coefficient (Wildman–Crippen LogP) is 2.86. The van der Waals surface area contributed by atoms with Crippen molar-refractivity contribution in [2.45, 2.75) is 71.3 Å². The summed E-state index contributed by atoms with van der Waals surface area (Å²) in [6, 6.07) is -0.0551. The van der Waals surface area contributed by atoms with Gasteiger partial charge in [-0.2, -0.15) is 5.21 Å². The fourth-order valence-corrected chi connectivity index (χ4v) is 5.19. The summed E-state index contributed by atoms with van der Waals surface area (Å²) in [6.07, 6.45) is 9.57. The van der Waals surface area contributed by atoms with Gasteiger partial charge in [0.25, 0.3) is 0 Å². The summed E-state index contributed by atoms with van der Waals surface area (Å²) in [5.74, 6) is 1.20. The molecule has 126 valence electrons. The predicted molar refractivity (Wildman–Crippen MR) is 85.3 cm³/mol. The third-order valence-electron chi connectivity index (χ3n) is 6.63. The molecule has 4 rings (SSSR count). The summed E-state index contributed by atoms with van der Waals surface area (Å²) in [5.41, 5.74) is 0.498. The number of rotatable bonds is 2. The van der Waals surface area contributed by atoms with E-state index in [-0.39, 0.29) is 17.4 Å². The Morgan fingerprint density at radius 2 is 2.04 bits per heavy atom. The first kappa shape index (κ1) is 15.1. The highest BCUT2D eigenvalue weighted by atomic mass is 16.2. The van der Waals surface area contributed by atoms with E-state index in [9.17, 15) is 4.79 Å². The number of piperidine rings is 1. The van der Waals surface area contributed by atoms with Crippen LogP contribution in [0.3, 0.4) is 0 Å². The average molecular weight is 317 g/mol. The molecule has 3 aliphatic rings. The first-order chi connectivity index (χ1) is 11.0. The maximum Gasteiger partial charge on any atom is 0.226 e. The Morgan fingerprint density at radius 3 is 2.65 bits per heavy atom. The lowest BCUT2D eigenvalue weighted by Gasteiger charge is -2.46. The van der Waals surface area contributed by atoms with Gasteiger partial charge in [0.15, 0.2) is 5.82 Å². The van der Waals surface area contributed by atoms with Crippen LogP contribution in [0.4, 0.5) is 0 Å². The van der Waals surface area contributed by atoms with Gasteiger partial charge < -0.3 is 4.90 Å². The fourth-order valence-electron chi connectivity index (χ4n) is 5.19. The second-order valence-corrected chi connectivity index (χ2v) is 8.59. The van der Waals surface area contributed by atoms with Gasteiger partial charge in [0.1, 0.15) is 6.04 Å². The van der Waals surface area contributed by atoms with Gasteiger partial charge in [-0.3, -0.25) is 4.79 Å². The van der Waals surface area contributed by atoms with E-state index in [0.29, 0.717) is 17.1 Å². The molecule has 1 aromatic rings. The SMILES string of the molecule is CC1(C)CCCN(C(=O)C2CCC3(CCC3)C2)C1c1nn[nH]n1. The van der Waals surface area contributed by atoms with Crippen molar-refractivity contribution in [2.75, 3.05) is 6.54 Å². The Hall–Kier alpha value is -1.46. The molecule has 2 heterocycles. The number of hydrogen-bond donors (Lipinski definition) is 1. The lowest BCUT2D eigenvalue weighted by Crippen LogP contribution is -2.49. The van der Waals surface area contributed by atoms with Crippen molar-refractivity contribution in [1.82, 2.24) is 25.5 Å². The van der Waals surface area contributed by atoms with Crippen LogP contribution in [-0.4, -0.2) is 38.0 Å². The zero-order valence-corrected chi connectivity index (χ0v) is 14.2. The Kier molecular flexibility index (Phi) is 3.46. The molecule has 6 nitrogen and oxygen atoms in total. The van der Waals surface area contributed by atoms with E-state index < -0.39 is 0 Å². The molecule has 1 N–H and O–H groups in total. The van der Waals surface area contributed by atoms with Gasteiger partial charge in [-0.1, -0.05) is 25.5 Å². The molecule has 1 amide bonds. The van der Waals surface area contributed by atoms with Gasteiger partial charge in [0, 0.05) is 12.5 Å². The molecule has 6 heteroatoms. The van der Waals surface area contributed by atoms with Gasteiger partial charge in [-0.25, -0.2) is 0 Å². The summed E-state index contributed by atoms with van der Waals surface area (Å²) >= 11 is 0. The van der Waals surface area contributed by atoms with Crippen molar-refractivity contribution in [3.05, 3.63) is 5.82 Å². The first-order valence-corrected chi connectivity index (χ1v) is 9.05. The zero-order valence-electron chi connectivity index (χ0n) is 14.2. The van der Waals surface area contributed by atoms with Crippen LogP contribution in [0.1, 0.15) is 77.1 Å². The standard InChI is InChI=1S/C17H27N5O/c1-16(2)6-4-10-22(13(16)14-18-20-21-19-14)15(23)12-5-9-17(11-12)7-3-8-17/h12-13H,3-11H2,1-2H3,(H,18,19,20,21). The molecule has 0 bridgehead atoms. The smallest absolute Gasteiger partial charge is 0.226 e. The zero-order chi connectivity index (χ0) is 16.1. The molecule has 1 spiro atoms. The Labute approximate surface area is 137 Å². The highest BCUT2D eigenvalue weighted by Crippen LogP contribution is 2.56. The summed E-state index contributed by atoms with van der Waals surface area (Å²) in [6.45, 7) is 5.26. The Bertz CT molecular complexity index is 578. The molecule has 1 saturated heterocycles. The number of hydrogen-bond acceptors (Lipinski definition) is 4. The number of carbonyl (C=O) groups is 1. The molecule has 0 aromatic carbocycles. The summed E-state index contributed by atoms with van der Waals surface area (Å²) < 4.78 is 0. The van der Waals surface area contributed by atoms with Gasteiger partial charge in [0.2, 0.25) is 5.91 Å². The van der Waals surface area contributed by atoms with Crippen LogP contribution in [0.2, 0.25) is 0 Å². The molecule has 2 saturated carbocycles. The van der Waals surface area contributed by atoms with Crippen molar-refractivity contribution in [3.63, 3.8) is 0 Å². The molecule has 0 radical (unpaired) electrons. The molecular weight excluding hydrogens is 290 g/mol. The first-order valence-electron chi connectivity index (χ1n) is 9.05. The molecule has 23 heavy (non-hydrogen) atoms. The fraction of sp³-hybridized carbons (Fsp3) is 0.882. The van der Waals surface area contributed by atoms with E-state index in [2.05, 4.69) is 39.4 Å². The summed E-state index contributed by atoms with van der Waals surface area (Å²) in [7, 11) is 0. The largest absolute Gasteiger partial charge is 0.332 e. The third kappa shape index (κ3) is 2.46. The number of nitrogens with zero attached hydrogens (tertiary/aromatic N) is 4. The molecule has 1 aliphatic heterocycles. The normalized spacial score (nSPS) is 32.0. The summed E-state index contributed by atoms with van der Waals surface area (Å²) in [4.78, 5) is 15.3. The van der Waals surface area contributed by atoms with Crippen LogP contribution >= 0.6 is 0 Å². The lowest BCUT2D eigenvalue weighted by molar-refractivity contribution is -0.144. The molecule has 1 aromatic heterocycles. The van der Waals surface area contributed by atoms with E-state index in [1.54, 1.807) is 0 Å². The maximum absolute atomic E-state index is 13.3. The van der Waals surface area contributed by atoms with E-state index in [1.807, 2.05) is 0 Å². The number of nitrogens with one attached hydrogen (secondary N) is 1. The lowest BCUT2D eigenvalue weighted by atomic mass is 9.67. The van der Waals surface area contributed by atoms with Crippen LogP contribution in [-0.2, 0) is 4.79 Å². The number of amides is 1. The number of tetrazole rings is 1. The molecule has 2 unspecified atom stereocenters. The average Bonchev–Trinajstić information content (AvgIpc) is 3.14. The van der Waals surface area contributed by atoms with Gasteiger partial charge in [-0.05, 0) is 55.8 Å². The van der Waals surface area contributed by atoms with Crippen LogP contribution in [0.5, 0.6) is 0 Å². The second-order valence-electron chi connectivity index (χ2n) is 8.59. The van der Waals surface area contributed by atoms with Gasteiger partial charge in [0.05, 0.1) is 0 Å². The maximum atomic E-state index is 13.3. The number of H-pyrrole nitrogens is 1. The van der Waals surface area contributed by atoms with E-state index in [4.69, 9.17) is 0 Å². The van der Waals surface area contributed by atoms with E-state index >= 15 is 0 Å². The Balaban J connectivity index is 1.57. The molecule has 2 atom stereocenters. The third-order valence-corrected chi connectivity index (χ3v) is 6.63. The molecule has 2 aliphatic carbocycles. The monoisotopic (exact) mass is 317 g/mol. The van der Waals surface area contributed by atoms with Gasteiger partial charge in [-0.15, -0.1) is 10.2 Å². The van der Waals surface area contributed by atoms with E-state index in [1.165, 1.54) is 25.7 Å². The minimum Gasteiger partial charge on any atom is -0.332 e. The topological polar surface area (TPSA) is 74.8 Å². The number of likely N-dealkylation sites (tertiary alicyclic amines) is 1. The number of aromatic nitrogens is 4. The highest BCUT2D eigenvalue weighted by molar-refractivity contribution is 5.80. The minimum atomic E-state index is -0.0551. The van der Waals surface area contributed by atoms with Crippen LogP contribution < -0.4 is 0 Å². The number of carbonyl (C=O) groups excluding carboxylic acids is 1. The quantitative estimate of drug-likeness (QED) is 0.910. The van der Waals surface area contributed by atoms with Crippen molar-refractivity contribution in [3.8, 4) is 0 Å². The minimum absolute atomic E-state index is 0.00938. The van der Waals surface area contributed by atoms with E-state index in [0.717, 1.165) is 32.2 Å². The van der Waals surface area contributed by atoms with Crippen LogP contribution in [0.25, 0.3) is 0 Å².